The van der Waals surface area contributed by atoms with E-state index in [4.69, 9.17) is 4.74 Å². The summed E-state index contributed by atoms with van der Waals surface area (Å²) in [6.45, 7) is 1.68. The molecule has 1 N–H and O–H groups in total. The summed E-state index contributed by atoms with van der Waals surface area (Å²) < 4.78 is 5.11. The standard InChI is InChI=1S/C20H16O4/c1-12-17(19(21)13-8-10-14(24-2)11-9-13)15-6-4-3-5-7-16(15)18(12)20(22)23/h3-11H,1-2H3,(H,22,23). The maximum atomic E-state index is 13.0. The van der Waals surface area contributed by atoms with Gasteiger partial charge in [-0.1, -0.05) is 30.3 Å². The molecular formula is C20H16O4. The quantitative estimate of drug-likeness (QED) is 0.737. The maximum Gasteiger partial charge on any atom is 0.336 e. The normalized spacial score (nSPS) is 10.6. The summed E-state index contributed by atoms with van der Waals surface area (Å²) in [5, 5.41) is 9.55. The van der Waals surface area contributed by atoms with Crippen molar-refractivity contribution in [1.29, 1.82) is 0 Å². The second kappa shape index (κ2) is 6.16. The number of carboxylic acids is 1. The number of methoxy groups -OCH3 is 1. The first-order chi connectivity index (χ1) is 11.5. The number of hydrogen-bond acceptors (Lipinski definition) is 3. The van der Waals surface area contributed by atoms with E-state index in [1.54, 1.807) is 62.6 Å². The zero-order valence-corrected chi connectivity index (χ0v) is 13.4. The van der Waals surface area contributed by atoms with E-state index in [1.807, 2.05) is 6.07 Å². The van der Waals surface area contributed by atoms with Gasteiger partial charge in [-0.25, -0.2) is 4.79 Å². The molecule has 120 valence electrons. The first kappa shape index (κ1) is 15.7. The number of carboxylic acid groups (broad SMARTS) is 1. The Morgan fingerprint density at radius 1 is 0.875 bits per heavy atom. The van der Waals surface area contributed by atoms with Gasteiger partial charge in [0.1, 0.15) is 5.75 Å². The van der Waals surface area contributed by atoms with Crippen LogP contribution in [0.1, 0.15) is 31.8 Å². The number of carbonyl (C=O) groups excluding carboxylic acids is 1. The fourth-order valence-corrected chi connectivity index (χ4v) is 2.97. The Hall–Kier alpha value is -3.14. The molecule has 0 unspecified atom stereocenters. The van der Waals surface area contributed by atoms with Gasteiger partial charge in [-0.2, -0.15) is 0 Å². The molecule has 0 saturated carbocycles. The van der Waals surface area contributed by atoms with Gasteiger partial charge in [-0.05, 0) is 47.9 Å². The number of rotatable bonds is 4. The summed E-state index contributed by atoms with van der Waals surface area (Å²) in [4.78, 5) is 24.7. The highest BCUT2D eigenvalue weighted by Gasteiger charge is 2.28. The summed E-state index contributed by atoms with van der Waals surface area (Å²) in [7, 11) is 1.56. The van der Waals surface area contributed by atoms with Crippen molar-refractivity contribution in [3.05, 3.63) is 76.9 Å². The largest absolute Gasteiger partial charge is 0.497 e. The third-order valence-electron chi connectivity index (χ3n) is 4.12. The van der Waals surface area contributed by atoms with Gasteiger partial charge in [0.15, 0.2) is 5.78 Å². The van der Waals surface area contributed by atoms with E-state index < -0.39 is 5.97 Å². The fourth-order valence-electron chi connectivity index (χ4n) is 2.97. The Labute approximate surface area is 139 Å². The second-order valence-corrected chi connectivity index (χ2v) is 5.48. The van der Waals surface area contributed by atoms with Crippen molar-refractivity contribution < 1.29 is 19.4 Å². The van der Waals surface area contributed by atoms with Gasteiger partial charge in [0.25, 0.3) is 0 Å². The molecule has 1 aromatic rings. The molecule has 3 rings (SSSR count). The van der Waals surface area contributed by atoms with Gasteiger partial charge in [0.2, 0.25) is 0 Å². The van der Waals surface area contributed by atoms with Crippen LogP contribution in [0.4, 0.5) is 0 Å². The fraction of sp³-hybridized carbons (Fsp3) is 0.100. The van der Waals surface area contributed by atoms with E-state index >= 15 is 0 Å². The van der Waals surface area contributed by atoms with Crippen LogP contribution in [0.2, 0.25) is 0 Å². The molecule has 24 heavy (non-hydrogen) atoms. The number of aromatic carboxylic acids is 1. The minimum Gasteiger partial charge on any atom is -0.497 e. The van der Waals surface area contributed by atoms with Crippen molar-refractivity contribution in [2.45, 2.75) is 6.92 Å². The molecule has 0 spiro atoms. The molecule has 2 aliphatic rings. The highest BCUT2D eigenvalue weighted by molar-refractivity contribution is 6.18. The highest BCUT2D eigenvalue weighted by Crippen LogP contribution is 2.37. The molecule has 0 aromatic heterocycles. The van der Waals surface area contributed by atoms with Crippen molar-refractivity contribution in [3.63, 3.8) is 0 Å². The zero-order valence-electron chi connectivity index (χ0n) is 13.4. The second-order valence-electron chi connectivity index (χ2n) is 5.48. The lowest BCUT2D eigenvalue weighted by Gasteiger charge is -2.05. The lowest BCUT2D eigenvalue weighted by atomic mass is 9.99. The molecule has 4 nitrogen and oxygen atoms in total. The molecule has 0 atom stereocenters. The van der Waals surface area contributed by atoms with Crippen LogP contribution in [0.25, 0.3) is 11.1 Å². The summed E-state index contributed by atoms with van der Waals surface area (Å²) in [6, 6.07) is 15.7. The Balaban J connectivity index is 2.20. The molecule has 0 aliphatic heterocycles. The SMILES string of the molecule is COc1ccc(C(=O)c2c3cccccc-3c(C(=O)O)c2C)cc1. The van der Waals surface area contributed by atoms with Gasteiger partial charge in [-0.3, -0.25) is 4.79 Å². The number of benzene rings is 1. The lowest BCUT2D eigenvalue weighted by Crippen LogP contribution is -2.04. The number of carbonyl (C=O) groups is 2. The molecule has 4 heteroatoms. The van der Waals surface area contributed by atoms with E-state index in [1.165, 1.54) is 0 Å². The van der Waals surface area contributed by atoms with Crippen molar-refractivity contribution >= 4 is 11.8 Å². The van der Waals surface area contributed by atoms with E-state index in [0.717, 1.165) is 0 Å². The summed E-state index contributed by atoms with van der Waals surface area (Å²) >= 11 is 0. The Kier molecular flexibility index (Phi) is 4.04. The molecule has 0 amide bonds. The highest BCUT2D eigenvalue weighted by atomic mass is 16.5. The van der Waals surface area contributed by atoms with Crippen LogP contribution < -0.4 is 4.74 Å². The Morgan fingerprint density at radius 3 is 2.00 bits per heavy atom. The van der Waals surface area contributed by atoms with E-state index in [-0.39, 0.29) is 11.3 Å². The van der Waals surface area contributed by atoms with E-state index in [0.29, 0.717) is 33.6 Å². The van der Waals surface area contributed by atoms with Gasteiger partial charge in [-0.15, -0.1) is 0 Å². The number of ketones is 1. The molecule has 1 aromatic carbocycles. The average molecular weight is 320 g/mol. The van der Waals surface area contributed by atoms with E-state index in [9.17, 15) is 14.7 Å². The van der Waals surface area contributed by atoms with Crippen molar-refractivity contribution in [2.75, 3.05) is 7.11 Å². The van der Waals surface area contributed by atoms with Crippen LogP contribution in [0.5, 0.6) is 5.75 Å². The number of fused-ring (bicyclic) bond motifs is 1. The van der Waals surface area contributed by atoms with E-state index in [2.05, 4.69) is 0 Å². The minimum absolute atomic E-state index is 0.179. The predicted molar refractivity (Wildman–Crippen MR) is 91.2 cm³/mol. The minimum atomic E-state index is -1.03. The van der Waals surface area contributed by atoms with Crippen LogP contribution >= 0.6 is 0 Å². The third-order valence-corrected chi connectivity index (χ3v) is 4.12. The lowest BCUT2D eigenvalue weighted by molar-refractivity contribution is 0.0697. The molecule has 0 heterocycles. The third kappa shape index (κ3) is 2.52. The van der Waals surface area contributed by atoms with Crippen LogP contribution in [-0.4, -0.2) is 24.0 Å². The van der Waals surface area contributed by atoms with Crippen LogP contribution in [0, 0.1) is 6.92 Å². The summed E-state index contributed by atoms with van der Waals surface area (Å²) in [6.07, 6.45) is 0. The zero-order chi connectivity index (χ0) is 17.3. The monoisotopic (exact) mass is 320 g/mol. The van der Waals surface area contributed by atoms with Crippen molar-refractivity contribution in [2.24, 2.45) is 0 Å². The molecule has 0 bridgehead atoms. The molecule has 0 saturated heterocycles. The molecule has 0 radical (unpaired) electrons. The summed E-state index contributed by atoms with van der Waals surface area (Å²) in [5.41, 5.74) is 2.82. The number of hydrogen-bond donors (Lipinski definition) is 1. The van der Waals surface area contributed by atoms with Crippen LogP contribution in [0.15, 0.2) is 54.6 Å². The van der Waals surface area contributed by atoms with Crippen LogP contribution in [-0.2, 0) is 0 Å². The van der Waals surface area contributed by atoms with Crippen molar-refractivity contribution in [3.8, 4) is 16.9 Å². The van der Waals surface area contributed by atoms with Crippen molar-refractivity contribution in [1.82, 2.24) is 0 Å². The van der Waals surface area contributed by atoms with Gasteiger partial charge in [0.05, 0.1) is 12.7 Å². The van der Waals surface area contributed by atoms with Gasteiger partial charge in [0, 0.05) is 11.1 Å². The smallest absolute Gasteiger partial charge is 0.336 e. The molecule has 0 fully saturated rings. The Morgan fingerprint density at radius 2 is 1.46 bits per heavy atom. The van der Waals surface area contributed by atoms with Gasteiger partial charge >= 0.3 is 5.97 Å². The first-order valence-corrected chi connectivity index (χ1v) is 7.48. The maximum absolute atomic E-state index is 13.0. The molecular weight excluding hydrogens is 304 g/mol. The first-order valence-electron chi connectivity index (χ1n) is 7.48. The Bertz CT molecular complexity index is 894. The summed E-state index contributed by atoms with van der Waals surface area (Å²) in [5.74, 6) is -0.565. The average Bonchev–Trinajstić information content (AvgIpc) is 2.72. The number of ether oxygens (including phenoxy) is 1. The predicted octanol–water partition coefficient (Wildman–Crippen LogP) is 4.04. The van der Waals surface area contributed by atoms with Crippen LogP contribution in [0.3, 0.4) is 0 Å². The topological polar surface area (TPSA) is 63.6 Å². The molecule has 2 aliphatic carbocycles. The van der Waals surface area contributed by atoms with Gasteiger partial charge < -0.3 is 9.84 Å².